The largest absolute Gasteiger partial charge is 0.486 e. The summed E-state index contributed by atoms with van der Waals surface area (Å²) in [6, 6.07) is 7.47. The molecule has 0 unspecified atom stereocenters. The van der Waals surface area contributed by atoms with E-state index in [2.05, 4.69) is 19.2 Å². The maximum absolute atomic E-state index is 13.9. The van der Waals surface area contributed by atoms with Crippen molar-refractivity contribution in [3.8, 4) is 5.75 Å². The lowest BCUT2D eigenvalue weighted by Gasteiger charge is -2.10. The lowest BCUT2D eigenvalue weighted by Crippen LogP contribution is -2.21. The number of benzene rings is 1. The quantitative estimate of drug-likeness (QED) is 0.864. The monoisotopic (exact) mass is 279 g/mol. The number of ether oxygens (including phenoxy) is 1. The minimum atomic E-state index is -0.307. The SMILES string of the molecule is CC(C)NCc1ccc(OCc2ccsc2)c(F)c1. The van der Waals surface area contributed by atoms with Gasteiger partial charge in [0.15, 0.2) is 11.6 Å². The molecule has 0 aliphatic heterocycles. The van der Waals surface area contributed by atoms with Gasteiger partial charge in [-0.05, 0) is 40.1 Å². The molecular weight excluding hydrogens is 261 g/mol. The summed E-state index contributed by atoms with van der Waals surface area (Å²) < 4.78 is 19.3. The van der Waals surface area contributed by atoms with Crippen LogP contribution in [0.25, 0.3) is 0 Å². The van der Waals surface area contributed by atoms with Crippen molar-refractivity contribution in [2.75, 3.05) is 0 Å². The van der Waals surface area contributed by atoms with Crippen LogP contribution in [-0.4, -0.2) is 6.04 Å². The van der Waals surface area contributed by atoms with Crippen molar-refractivity contribution >= 4 is 11.3 Å². The Kier molecular flexibility index (Phi) is 4.93. The van der Waals surface area contributed by atoms with Crippen LogP contribution in [0.2, 0.25) is 0 Å². The molecule has 1 N–H and O–H groups in total. The number of halogens is 1. The van der Waals surface area contributed by atoms with Gasteiger partial charge in [-0.25, -0.2) is 4.39 Å². The summed E-state index contributed by atoms with van der Waals surface area (Å²) >= 11 is 1.61. The molecule has 1 aromatic carbocycles. The van der Waals surface area contributed by atoms with E-state index in [1.807, 2.05) is 22.9 Å². The molecule has 0 atom stereocenters. The summed E-state index contributed by atoms with van der Waals surface area (Å²) in [6.45, 7) is 5.20. The van der Waals surface area contributed by atoms with Gasteiger partial charge in [-0.2, -0.15) is 11.3 Å². The molecule has 0 bridgehead atoms. The van der Waals surface area contributed by atoms with Gasteiger partial charge in [0.2, 0.25) is 0 Å². The van der Waals surface area contributed by atoms with Crippen molar-refractivity contribution in [2.45, 2.75) is 33.0 Å². The lowest BCUT2D eigenvalue weighted by molar-refractivity contribution is 0.290. The maximum Gasteiger partial charge on any atom is 0.165 e. The minimum absolute atomic E-state index is 0.305. The molecule has 2 nitrogen and oxygen atoms in total. The number of hydrogen-bond acceptors (Lipinski definition) is 3. The van der Waals surface area contributed by atoms with Crippen molar-refractivity contribution in [3.05, 3.63) is 52.0 Å². The van der Waals surface area contributed by atoms with Gasteiger partial charge in [0.25, 0.3) is 0 Å². The highest BCUT2D eigenvalue weighted by atomic mass is 32.1. The zero-order valence-electron chi connectivity index (χ0n) is 11.2. The Morgan fingerprint density at radius 3 is 2.74 bits per heavy atom. The van der Waals surface area contributed by atoms with Gasteiger partial charge < -0.3 is 10.1 Å². The molecule has 0 amide bonds. The highest BCUT2D eigenvalue weighted by Crippen LogP contribution is 2.20. The van der Waals surface area contributed by atoms with Crippen molar-refractivity contribution in [3.63, 3.8) is 0 Å². The van der Waals surface area contributed by atoms with Crippen LogP contribution in [0.4, 0.5) is 4.39 Å². The van der Waals surface area contributed by atoms with Crippen LogP contribution in [0.1, 0.15) is 25.0 Å². The number of hydrogen-bond donors (Lipinski definition) is 1. The van der Waals surface area contributed by atoms with Crippen molar-refractivity contribution in [2.24, 2.45) is 0 Å². The normalized spacial score (nSPS) is 10.9. The molecule has 0 spiro atoms. The Morgan fingerprint density at radius 2 is 2.11 bits per heavy atom. The molecule has 0 fully saturated rings. The summed E-state index contributed by atoms with van der Waals surface area (Å²) in [5, 5.41) is 7.24. The maximum atomic E-state index is 13.9. The zero-order valence-corrected chi connectivity index (χ0v) is 12.0. The summed E-state index contributed by atoms with van der Waals surface area (Å²) in [5.41, 5.74) is 1.99. The second-order valence-electron chi connectivity index (χ2n) is 4.72. The Morgan fingerprint density at radius 1 is 1.26 bits per heavy atom. The average Bonchev–Trinajstić information content (AvgIpc) is 2.88. The van der Waals surface area contributed by atoms with Gasteiger partial charge in [-0.1, -0.05) is 19.9 Å². The molecule has 0 radical (unpaired) electrons. The summed E-state index contributed by atoms with van der Waals surface area (Å²) in [7, 11) is 0. The molecular formula is C15H18FNOS. The molecule has 4 heteroatoms. The van der Waals surface area contributed by atoms with Crippen molar-refractivity contribution in [1.29, 1.82) is 0 Å². The first-order valence-electron chi connectivity index (χ1n) is 6.31. The second kappa shape index (κ2) is 6.68. The molecule has 2 aromatic rings. The van der Waals surface area contributed by atoms with Crippen LogP contribution in [-0.2, 0) is 13.2 Å². The third-order valence-electron chi connectivity index (χ3n) is 2.69. The predicted molar refractivity (Wildman–Crippen MR) is 77.0 cm³/mol. The van der Waals surface area contributed by atoms with E-state index >= 15 is 0 Å². The van der Waals surface area contributed by atoms with Crippen molar-refractivity contribution in [1.82, 2.24) is 5.32 Å². The van der Waals surface area contributed by atoms with Crippen molar-refractivity contribution < 1.29 is 9.13 Å². The van der Waals surface area contributed by atoms with Crippen LogP contribution >= 0.6 is 11.3 Å². The van der Waals surface area contributed by atoms with E-state index in [0.717, 1.165) is 11.1 Å². The van der Waals surface area contributed by atoms with E-state index in [9.17, 15) is 4.39 Å². The molecule has 0 saturated carbocycles. The fourth-order valence-corrected chi connectivity index (χ4v) is 2.28. The van der Waals surface area contributed by atoms with E-state index in [-0.39, 0.29) is 5.82 Å². The second-order valence-corrected chi connectivity index (χ2v) is 5.50. The fourth-order valence-electron chi connectivity index (χ4n) is 1.63. The first-order chi connectivity index (χ1) is 9.15. The summed E-state index contributed by atoms with van der Waals surface area (Å²) in [6.07, 6.45) is 0. The van der Waals surface area contributed by atoms with E-state index in [4.69, 9.17) is 4.74 Å². The van der Waals surface area contributed by atoms with Gasteiger partial charge >= 0.3 is 0 Å². The Bertz CT molecular complexity index is 511. The summed E-state index contributed by atoms with van der Waals surface area (Å²) in [5.74, 6) is -0.00205. The molecule has 0 aliphatic rings. The van der Waals surface area contributed by atoms with Crippen LogP contribution in [0.5, 0.6) is 5.75 Å². The smallest absolute Gasteiger partial charge is 0.165 e. The highest BCUT2D eigenvalue weighted by Gasteiger charge is 2.06. The average molecular weight is 279 g/mol. The molecule has 1 aromatic heterocycles. The Balaban J connectivity index is 1.94. The number of nitrogens with one attached hydrogen (secondary N) is 1. The van der Waals surface area contributed by atoms with Crippen LogP contribution < -0.4 is 10.1 Å². The van der Waals surface area contributed by atoms with Gasteiger partial charge in [-0.3, -0.25) is 0 Å². The van der Waals surface area contributed by atoms with Gasteiger partial charge in [0.1, 0.15) is 6.61 Å². The third-order valence-corrected chi connectivity index (χ3v) is 3.42. The van der Waals surface area contributed by atoms with E-state index in [1.165, 1.54) is 6.07 Å². The van der Waals surface area contributed by atoms with Crippen LogP contribution in [0, 0.1) is 5.82 Å². The van der Waals surface area contributed by atoms with Crippen LogP contribution in [0.3, 0.4) is 0 Å². The van der Waals surface area contributed by atoms with E-state index in [0.29, 0.717) is 24.9 Å². The first-order valence-corrected chi connectivity index (χ1v) is 7.25. The van der Waals surface area contributed by atoms with E-state index in [1.54, 1.807) is 17.4 Å². The molecule has 2 rings (SSSR count). The standard InChI is InChI=1S/C15H18FNOS/c1-11(2)17-8-12-3-4-15(14(16)7-12)18-9-13-5-6-19-10-13/h3-7,10-11,17H,8-9H2,1-2H3. The Hall–Kier alpha value is -1.39. The minimum Gasteiger partial charge on any atom is -0.486 e. The third kappa shape index (κ3) is 4.33. The highest BCUT2D eigenvalue weighted by molar-refractivity contribution is 7.07. The number of thiophene rings is 1. The zero-order chi connectivity index (χ0) is 13.7. The number of rotatable bonds is 6. The van der Waals surface area contributed by atoms with Crippen LogP contribution in [0.15, 0.2) is 35.0 Å². The lowest BCUT2D eigenvalue weighted by atomic mass is 10.2. The summed E-state index contributed by atoms with van der Waals surface area (Å²) in [4.78, 5) is 0. The van der Waals surface area contributed by atoms with Gasteiger partial charge in [0, 0.05) is 12.6 Å². The molecule has 102 valence electrons. The van der Waals surface area contributed by atoms with Gasteiger partial charge in [0.05, 0.1) is 0 Å². The first kappa shape index (κ1) is 14.0. The Labute approximate surface area is 117 Å². The fraction of sp³-hybridized carbons (Fsp3) is 0.333. The molecule has 0 aliphatic carbocycles. The van der Waals surface area contributed by atoms with E-state index < -0.39 is 0 Å². The molecule has 19 heavy (non-hydrogen) atoms. The topological polar surface area (TPSA) is 21.3 Å². The predicted octanol–water partition coefficient (Wildman–Crippen LogP) is 3.96. The molecule has 0 saturated heterocycles. The molecule has 1 heterocycles. The van der Waals surface area contributed by atoms with Gasteiger partial charge in [-0.15, -0.1) is 0 Å².